The van der Waals surface area contributed by atoms with Crippen LogP contribution in [0.1, 0.15) is 91.7 Å². The Hall–Kier alpha value is -8.37. The van der Waals surface area contributed by atoms with E-state index in [1.807, 2.05) is 13.8 Å². The van der Waals surface area contributed by atoms with Gasteiger partial charge in [0.15, 0.2) is 11.5 Å². The maximum absolute atomic E-state index is 15.6. The standard InChI is InChI=1S/C57H65BCl2N8O17/c1-25(2)13-37(62-4)53(73)68-49-50(72)28-10-12-41(36(60)17-28)85-44-19-30-18-43(51(44)83-8)84-33-15-29(14-31(59)20-33)39(70)24-63-55(75)47(67-56(76)48(30)66-54(74)38(23-45(61)71)65-57(49)77)27-9-11-40(81-6)34(16-27)46-35(52(58(78)79)64-26(3)69)21-32(80-5)22-42(46)82-7/h9-12,14-22,25,37-39,47-50,52,62,70,72,78-79H,13,23-24H2,1-8H3,(H2,61,71)(H,63,75)(H,64,69)(H,65,77)(H,66,74)(H,67,76)(H,68,73)/t37-,38?,39-,47+,48+,49+,50+,52?/m0/s1. The van der Waals surface area contributed by atoms with E-state index in [0.29, 0.717) is 6.42 Å². The summed E-state index contributed by atoms with van der Waals surface area (Å²) in [5.41, 5.74) is 5.88. The minimum Gasteiger partial charge on any atom is -0.497 e. The summed E-state index contributed by atoms with van der Waals surface area (Å²) in [7, 11) is 4.59. The smallest absolute Gasteiger partial charge is 0.480 e. The van der Waals surface area contributed by atoms with Crippen molar-refractivity contribution in [3.63, 3.8) is 0 Å². The van der Waals surface area contributed by atoms with Crippen molar-refractivity contribution in [2.75, 3.05) is 42.0 Å². The van der Waals surface area contributed by atoms with Crippen LogP contribution in [-0.2, 0) is 33.6 Å². The molecule has 7 amide bonds. The van der Waals surface area contributed by atoms with E-state index in [0.717, 1.165) is 6.92 Å². The zero-order chi connectivity index (χ0) is 62.1. The second kappa shape index (κ2) is 28.0. The van der Waals surface area contributed by atoms with Gasteiger partial charge in [-0.25, -0.2) is 0 Å². The molecular weight excluding hydrogens is 1150 g/mol. The molecule has 3 aliphatic rings. The molecule has 7 bridgehead atoms. The number of aliphatic hydroxyl groups is 2. The van der Waals surface area contributed by atoms with Gasteiger partial charge in [-0.1, -0.05) is 49.2 Å². The molecule has 13 N–H and O–H groups in total. The van der Waals surface area contributed by atoms with Gasteiger partial charge >= 0.3 is 7.12 Å². The molecule has 85 heavy (non-hydrogen) atoms. The molecule has 8 atom stereocenters. The first kappa shape index (κ1) is 64.2. The second-order valence-electron chi connectivity index (χ2n) is 20.3. The van der Waals surface area contributed by atoms with Gasteiger partial charge in [0.2, 0.25) is 47.1 Å². The van der Waals surface area contributed by atoms with Crippen molar-refractivity contribution in [1.82, 2.24) is 37.2 Å². The number of carbonyl (C=O) groups is 7. The van der Waals surface area contributed by atoms with Gasteiger partial charge in [0.05, 0.1) is 58.0 Å². The molecule has 8 rings (SSSR count). The third-order valence-electron chi connectivity index (χ3n) is 13.9. The Balaban J connectivity index is 1.48. The number of carbonyl (C=O) groups excluding carboxylic acids is 7. The predicted octanol–water partition coefficient (Wildman–Crippen LogP) is 3.17. The van der Waals surface area contributed by atoms with Crippen LogP contribution in [0.15, 0.2) is 78.9 Å². The number of benzene rings is 5. The highest BCUT2D eigenvalue weighted by Crippen LogP contribution is 2.48. The molecule has 3 aliphatic heterocycles. The van der Waals surface area contributed by atoms with E-state index in [9.17, 15) is 49.0 Å². The second-order valence-corrected chi connectivity index (χ2v) is 21.1. The molecule has 0 aliphatic carbocycles. The number of β-amino-alcohol motifs (C(OH)–C–C–N with tert-alkyl or cyclic N) is 1. The Morgan fingerprint density at radius 2 is 1.41 bits per heavy atom. The van der Waals surface area contributed by atoms with E-state index >= 15 is 4.79 Å². The number of amides is 7. The van der Waals surface area contributed by atoms with Crippen molar-refractivity contribution in [3.8, 4) is 57.1 Å². The first-order chi connectivity index (χ1) is 40.4. The molecule has 0 saturated carbocycles. The summed E-state index contributed by atoms with van der Waals surface area (Å²) in [6.45, 7) is 4.39. The maximum Gasteiger partial charge on any atom is 0.480 e. The number of primary amides is 1. The van der Waals surface area contributed by atoms with Crippen LogP contribution in [0.5, 0.6) is 46.0 Å². The normalized spacial score (nSPS) is 19.7. The van der Waals surface area contributed by atoms with Crippen molar-refractivity contribution in [3.05, 3.63) is 117 Å². The van der Waals surface area contributed by atoms with Crippen LogP contribution >= 0.6 is 23.2 Å². The molecule has 5 aromatic carbocycles. The molecule has 2 unspecified atom stereocenters. The molecule has 0 radical (unpaired) electrons. The lowest BCUT2D eigenvalue weighted by Gasteiger charge is -2.30. The molecule has 0 aromatic heterocycles. The van der Waals surface area contributed by atoms with Crippen LogP contribution in [-0.4, -0.2) is 129 Å². The van der Waals surface area contributed by atoms with E-state index < -0.39 is 110 Å². The minimum atomic E-state index is -2.21. The highest BCUT2D eigenvalue weighted by molar-refractivity contribution is 6.43. The zero-order valence-electron chi connectivity index (χ0n) is 47.3. The monoisotopic (exact) mass is 1210 g/mol. The fourth-order valence-corrected chi connectivity index (χ4v) is 10.2. The molecule has 0 saturated heterocycles. The SMILES string of the molecule is CN[C@@H](CC(C)C)C(=O)N[C@H]1C(=O)NC(CC(N)=O)C(=O)N[C@H]2C(=O)N[C@H](c3ccc(OC)c(-c4c(OC)cc(OC)cc4C(NC(C)=O)B(O)O)c3)C(=O)NC[C@H](O)c3cc(Cl)cc(c3)Oc3cc2cc(c3OC)Oc2ccc(cc2Cl)[C@H]1O. The summed E-state index contributed by atoms with van der Waals surface area (Å²) in [6, 6.07) is 9.36. The predicted molar refractivity (Wildman–Crippen MR) is 309 cm³/mol. The number of likely N-dealkylation sites (N-methyl/N-ethyl adjacent to an activating group) is 1. The Morgan fingerprint density at radius 1 is 0.741 bits per heavy atom. The largest absolute Gasteiger partial charge is 0.497 e. The Bertz CT molecular complexity index is 3370. The van der Waals surface area contributed by atoms with Crippen LogP contribution in [0.4, 0.5) is 0 Å². The number of ether oxygens (including phenoxy) is 6. The van der Waals surface area contributed by atoms with Gasteiger partial charge in [-0.05, 0) is 108 Å². The van der Waals surface area contributed by atoms with E-state index in [1.54, 1.807) is 0 Å². The average Bonchev–Trinajstić information content (AvgIpc) is 1.43. The van der Waals surface area contributed by atoms with Crippen molar-refractivity contribution in [2.24, 2.45) is 11.7 Å². The van der Waals surface area contributed by atoms with E-state index in [-0.39, 0.29) is 101 Å². The van der Waals surface area contributed by atoms with Gasteiger partial charge in [-0.3, -0.25) is 33.6 Å². The van der Waals surface area contributed by atoms with E-state index in [2.05, 4.69) is 37.2 Å². The lowest BCUT2D eigenvalue weighted by molar-refractivity contribution is -0.137. The van der Waals surface area contributed by atoms with Gasteiger partial charge in [0, 0.05) is 35.7 Å². The quantitative estimate of drug-likeness (QED) is 0.0631. The molecule has 5 aromatic rings. The number of methoxy groups -OCH3 is 4. The van der Waals surface area contributed by atoms with Gasteiger partial charge in [-0.2, -0.15) is 0 Å². The number of aliphatic hydroxyl groups excluding tert-OH is 2. The van der Waals surface area contributed by atoms with Crippen molar-refractivity contribution in [2.45, 2.75) is 82.0 Å². The fourth-order valence-electron chi connectivity index (χ4n) is 9.76. The fraction of sp³-hybridized carbons (Fsp3) is 0.351. The summed E-state index contributed by atoms with van der Waals surface area (Å²) >= 11 is 13.5. The number of halogens is 2. The van der Waals surface area contributed by atoms with Gasteiger partial charge in [-0.15, -0.1) is 0 Å². The number of fused-ring (bicyclic) bond motifs is 11. The van der Waals surface area contributed by atoms with E-state index in [1.165, 1.54) is 114 Å². The third-order valence-corrected chi connectivity index (χ3v) is 14.4. The number of rotatable bonds is 16. The third kappa shape index (κ3) is 15.1. The van der Waals surface area contributed by atoms with Crippen molar-refractivity contribution in [1.29, 1.82) is 0 Å². The topological polar surface area (TPSA) is 366 Å². The van der Waals surface area contributed by atoms with Gasteiger partial charge < -0.3 is 91.6 Å². The maximum atomic E-state index is 15.6. The molecule has 3 heterocycles. The summed E-state index contributed by atoms with van der Waals surface area (Å²) in [6.07, 6.45) is -3.97. The Kier molecular flexibility index (Phi) is 21.2. The molecule has 0 fully saturated rings. The highest BCUT2D eigenvalue weighted by atomic mass is 35.5. The Labute approximate surface area is 498 Å². The first-order valence-electron chi connectivity index (χ1n) is 26.4. The van der Waals surface area contributed by atoms with Crippen LogP contribution < -0.4 is 71.4 Å². The summed E-state index contributed by atoms with van der Waals surface area (Å²) in [5.74, 6) is -8.87. The van der Waals surface area contributed by atoms with Crippen molar-refractivity contribution < 1.29 is 82.2 Å². The van der Waals surface area contributed by atoms with Crippen molar-refractivity contribution >= 4 is 71.7 Å². The number of hydrogen-bond acceptors (Lipinski definition) is 18. The molecular formula is C57H65BCl2N8O17. The summed E-state index contributed by atoms with van der Waals surface area (Å²) in [5, 5.41) is 63.4. The van der Waals surface area contributed by atoms with Gasteiger partial charge in [0.25, 0.3) is 0 Å². The zero-order valence-corrected chi connectivity index (χ0v) is 48.8. The van der Waals surface area contributed by atoms with Crippen LogP contribution in [0.3, 0.4) is 0 Å². The summed E-state index contributed by atoms with van der Waals surface area (Å²) in [4.78, 5) is 99.4. The van der Waals surface area contributed by atoms with Gasteiger partial charge in [0.1, 0.15) is 59.0 Å². The highest BCUT2D eigenvalue weighted by Gasteiger charge is 2.39. The molecule has 28 heteroatoms. The van der Waals surface area contributed by atoms with Crippen LogP contribution in [0, 0.1) is 5.92 Å². The lowest BCUT2D eigenvalue weighted by atomic mass is 9.72. The molecule has 0 spiro atoms. The van der Waals surface area contributed by atoms with Crippen LogP contribution in [0.25, 0.3) is 11.1 Å². The average molecular weight is 1220 g/mol. The summed E-state index contributed by atoms with van der Waals surface area (Å²) < 4.78 is 35.8. The number of hydrogen-bond donors (Lipinski definition) is 12. The van der Waals surface area contributed by atoms with E-state index in [4.69, 9.17) is 57.4 Å². The van der Waals surface area contributed by atoms with Crippen LogP contribution in [0.2, 0.25) is 10.0 Å². The number of nitrogens with two attached hydrogens (primary N) is 1. The lowest BCUT2D eigenvalue weighted by Crippen LogP contribution is -2.59. The first-order valence-corrected chi connectivity index (χ1v) is 27.2. The Morgan fingerprint density at radius 3 is 2.02 bits per heavy atom. The minimum absolute atomic E-state index is 0.00440. The number of nitrogens with one attached hydrogen (secondary N) is 7. The molecule has 452 valence electrons. The molecule has 25 nitrogen and oxygen atoms in total.